The molecule has 0 aliphatic rings. The molecule has 5 nitrogen and oxygen atoms in total. The minimum Gasteiger partial charge on any atom is -0.374 e. The Kier molecular flexibility index (Phi) is 5.59. The Morgan fingerprint density at radius 1 is 0.848 bits per heavy atom. The van der Waals surface area contributed by atoms with Gasteiger partial charge in [-0.25, -0.2) is 15.0 Å². The number of halogens is 3. The van der Waals surface area contributed by atoms with E-state index in [1.807, 2.05) is 43.4 Å². The maximum Gasteiger partial charge on any atom is 0.223 e. The summed E-state index contributed by atoms with van der Waals surface area (Å²) >= 11 is 18.6. The van der Waals surface area contributed by atoms with Gasteiger partial charge in [-0.1, -0.05) is 53.5 Å². The van der Waals surface area contributed by atoms with Crippen LogP contribution in [-0.4, -0.2) is 24.6 Å². The highest BCUT2D eigenvalue weighted by molar-refractivity contribution is 6.31. The Morgan fingerprint density at radius 3 is 2.30 bits per heavy atom. The van der Waals surface area contributed by atoms with Crippen LogP contribution in [0.15, 0.2) is 79.3 Å². The molecule has 0 radical (unpaired) electrons. The van der Waals surface area contributed by atoms with E-state index in [2.05, 4.69) is 15.0 Å². The summed E-state index contributed by atoms with van der Waals surface area (Å²) in [5.41, 5.74) is 2.43. The SMILES string of the molecule is Cn1cncc1C(O)(c1ccc(Cl)cc1)c1ccc2nc(Cl)nc(-c3cccc(Cl)c3)c2c1. The van der Waals surface area contributed by atoms with Crippen molar-refractivity contribution < 1.29 is 5.11 Å². The number of imidazole rings is 1. The van der Waals surface area contributed by atoms with Gasteiger partial charge in [-0.15, -0.1) is 0 Å². The van der Waals surface area contributed by atoms with Crippen molar-refractivity contribution in [1.29, 1.82) is 0 Å². The summed E-state index contributed by atoms with van der Waals surface area (Å²) in [7, 11) is 1.84. The van der Waals surface area contributed by atoms with E-state index >= 15 is 0 Å². The van der Waals surface area contributed by atoms with Crippen LogP contribution >= 0.6 is 34.8 Å². The maximum atomic E-state index is 12.2. The minimum atomic E-state index is -1.50. The average Bonchev–Trinajstić information content (AvgIpc) is 3.24. The summed E-state index contributed by atoms with van der Waals surface area (Å²) in [5, 5.41) is 14.2. The monoisotopic (exact) mass is 494 g/mol. The van der Waals surface area contributed by atoms with Gasteiger partial charge in [-0.2, -0.15) is 0 Å². The molecule has 0 aliphatic carbocycles. The van der Waals surface area contributed by atoms with Gasteiger partial charge in [0, 0.05) is 28.0 Å². The van der Waals surface area contributed by atoms with Gasteiger partial charge in [-0.3, -0.25) is 0 Å². The number of benzene rings is 3. The minimum absolute atomic E-state index is 0.129. The zero-order chi connectivity index (χ0) is 23.2. The van der Waals surface area contributed by atoms with Crippen LogP contribution in [0.5, 0.6) is 0 Å². The predicted molar refractivity (Wildman–Crippen MR) is 132 cm³/mol. The molecule has 3 aromatic carbocycles. The molecule has 164 valence electrons. The number of hydrogen-bond acceptors (Lipinski definition) is 4. The van der Waals surface area contributed by atoms with E-state index in [0.29, 0.717) is 38.1 Å². The van der Waals surface area contributed by atoms with E-state index in [-0.39, 0.29) is 5.28 Å². The Balaban J connectivity index is 1.80. The van der Waals surface area contributed by atoms with Gasteiger partial charge in [0.25, 0.3) is 0 Å². The lowest BCUT2D eigenvalue weighted by Crippen LogP contribution is -2.31. The Labute approximate surface area is 205 Å². The van der Waals surface area contributed by atoms with Gasteiger partial charge in [0.2, 0.25) is 5.28 Å². The molecule has 0 saturated heterocycles. The van der Waals surface area contributed by atoms with E-state index in [4.69, 9.17) is 34.8 Å². The maximum absolute atomic E-state index is 12.2. The lowest BCUT2D eigenvalue weighted by atomic mass is 9.83. The molecule has 0 fully saturated rings. The quantitative estimate of drug-likeness (QED) is 0.298. The molecule has 0 amide bonds. The van der Waals surface area contributed by atoms with Crippen LogP contribution in [0.25, 0.3) is 22.2 Å². The molecule has 0 spiro atoms. The van der Waals surface area contributed by atoms with Crippen LogP contribution < -0.4 is 0 Å². The van der Waals surface area contributed by atoms with Gasteiger partial charge < -0.3 is 9.67 Å². The third-order valence-electron chi connectivity index (χ3n) is 5.63. The second-order valence-corrected chi connectivity index (χ2v) is 8.90. The normalized spacial score (nSPS) is 13.2. The first-order valence-electron chi connectivity index (χ1n) is 10.0. The van der Waals surface area contributed by atoms with Crippen LogP contribution in [0.4, 0.5) is 0 Å². The van der Waals surface area contributed by atoms with Gasteiger partial charge in [-0.05, 0) is 59.1 Å². The summed E-state index contributed by atoms with van der Waals surface area (Å²) in [6.07, 6.45) is 3.30. The molecule has 0 saturated carbocycles. The molecule has 2 heterocycles. The Bertz CT molecular complexity index is 1480. The Morgan fingerprint density at radius 2 is 1.61 bits per heavy atom. The molecule has 8 heteroatoms. The third kappa shape index (κ3) is 3.87. The smallest absolute Gasteiger partial charge is 0.223 e. The van der Waals surface area contributed by atoms with Crippen LogP contribution in [0.1, 0.15) is 16.8 Å². The molecule has 33 heavy (non-hydrogen) atoms. The summed E-state index contributed by atoms with van der Waals surface area (Å²) in [5.74, 6) is 0. The zero-order valence-electron chi connectivity index (χ0n) is 17.4. The number of aliphatic hydroxyl groups is 1. The number of aromatic nitrogens is 4. The predicted octanol–water partition coefficient (Wildman–Crippen LogP) is 6.27. The first-order chi connectivity index (χ1) is 15.9. The van der Waals surface area contributed by atoms with Gasteiger partial charge >= 0.3 is 0 Å². The van der Waals surface area contributed by atoms with Gasteiger partial charge in [0.05, 0.1) is 29.4 Å². The number of rotatable bonds is 4. The number of nitrogens with zero attached hydrogens (tertiary/aromatic N) is 4. The molecular weight excluding hydrogens is 479 g/mol. The molecule has 1 atom stereocenters. The summed E-state index contributed by atoms with van der Waals surface area (Å²) in [6, 6.07) is 20.0. The first kappa shape index (κ1) is 21.9. The second kappa shape index (κ2) is 8.43. The van der Waals surface area contributed by atoms with Gasteiger partial charge in [0.15, 0.2) is 5.60 Å². The standard InChI is InChI=1S/C25H17Cl3N4O/c1-32-14-29-13-22(32)25(33,16-5-8-18(26)9-6-16)17-7-10-21-20(12-17)23(31-24(28)30-21)15-3-2-4-19(27)11-15/h2-14,33H,1H3. The van der Waals surface area contributed by atoms with E-state index in [1.165, 1.54) is 0 Å². The van der Waals surface area contributed by atoms with E-state index in [9.17, 15) is 5.11 Å². The van der Waals surface area contributed by atoms with Gasteiger partial charge in [0.1, 0.15) is 0 Å². The van der Waals surface area contributed by atoms with Crippen LogP contribution in [0.3, 0.4) is 0 Å². The fraction of sp³-hybridized carbons (Fsp3) is 0.0800. The van der Waals surface area contributed by atoms with Crippen molar-refractivity contribution >= 4 is 45.7 Å². The highest BCUT2D eigenvalue weighted by Gasteiger charge is 2.37. The topological polar surface area (TPSA) is 63.8 Å². The average molecular weight is 496 g/mol. The van der Waals surface area contributed by atoms with Crippen molar-refractivity contribution in [1.82, 2.24) is 19.5 Å². The molecule has 0 aliphatic heterocycles. The number of fused-ring (bicyclic) bond motifs is 1. The van der Waals surface area contributed by atoms with Crippen molar-refractivity contribution in [3.63, 3.8) is 0 Å². The van der Waals surface area contributed by atoms with Crippen LogP contribution in [-0.2, 0) is 12.6 Å². The van der Waals surface area contributed by atoms with Crippen molar-refractivity contribution in [2.45, 2.75) is 5.60 Å². The summed E-state index contributed by atoms with van der Waals surface area (Å²) in [4.78, 5) is 13.1. The summed E-state index contributed by atoms with van der Waals surface area (Å²) in [6.45, 7) is 0. The largest absolute Gasteiger partial charge is 0.374 e. The number of hydrogen-bond donors (Lipinski definition) is 1. The van der Waals surface area contributed by atoms with Crippen molar-refractivity contribution in [2.75, 3.05) is 0 Å². The third-order valence-corrected chi connectivity index (χ3v) is 6.29. The lowest BCUT2D eigenvalue weighted by molar-refractivity contribution is 0.117. The second-order valence-electron chi connectivity index (χ2n) is 7.69. The molecule has 1 unspecified atom stereocenters. The molecule has 1 N–H and O–H groups in total. The van der Waals surface area contributed by atoms with Crippen LogP contribution in [0, 0.1) is 0 Å². The Hall–Kier alpha value is -2.96. The zero-order valence-corrected chi connectivity index (χ0v) is 19.6. The fourth-order valence-electron chi connectivity index (χ4n) is 4.04. The lowest BCUT2D eigenvalue weighted by Gasteiger charge is -2.30. The van der Waals surface area contributed by atoms with Crippen molar-refractivity contribution in [3.05, 3.63) is 111 Å². The van der Waals surface area contributed by atoms with E-state index in [1.54, 1.807) is 47.4 Å². The molecule has 5 aromatic rings. The van der Waals surface area contributed by atoms with Crippen molar-refractivity contribution in [2.24, 2.45) is 7.05 Å². The molecule has 2 aromatic heterocycles. The van der Waals surface area contributed by atoms with Crippen molar-refractivity contribution in [3.8, 4) is 11.3 Å². The highest BCUT2D eigenvalue weighted by Crippen LogP contribution is 2.39. The first-order valence-corrected chi connectivity index (χ1v) is 11.2. The fourth-order valence-corrected chi connectivity index (χ4v) is 4.53. The molecular formula is C25H17Cl3N4O. The summed E-state index contributed by atoms with van der Waals surface area (Å²) < 4.78 is 1.79. The number of aryl methyl sites for hydroxylation is 1. The molecule has 5 rings (SSSR count). The highest BCUT2D eigenvalue weighted by atomic mass is 35.5. The van der Waals surface area contributed by atoms with E-state index in [0.717, 1.165) is 10.9 Å². The van der Waals surface area contributed by atoms with E-state index < -0.39 is 5.60 Å². The van der Waals surface area contributed by atoms with Crippen LogP contribution in [0.2, 0.25) is 15.3 Å². The molecule has 0 bridgehead atoms.